The van der Waals surface area contributed by atoms with Crippen LogP contribution in [-0.2, 0) is 6.42 Å². The molecule has 24 heavy (non-hydrogen) atoms. The average molecular weight is 321 g/mol. The monoisotopic (exact) mass is 321 g/mol. The number of H-pyrrole nitrogens is 2. The molecule has 2 aliphatic rings. The smallest absolute Gasteiger partial charge is 0.326 e. The van der Waals surface area contributed by atoms with E-state index in [4.69, 9.17) is 4.74 Å². The Hall–Kier alpha value is -2.89. The molecule has 0 unspecified atom stereocenters. The lowest BCUT2D eigenvalue weighted by Gasteiger charge is -2.09. The minimum Gasteiger partial charge on any atom is -0.493 e. The maximum absolute atomic E-state index is 12.2. The number of nitrogens with zero attached hydrogens (tertiary/aromatic N) is 1. The molecule has 120 valence electrons. The Bertz CT molecular complexity index is 1090. The van der Waals surface area contributed by atoms with Crippen LogP contribution in [0.4, 0.5) is 0 Å². The number of aromatic amines is 2. The van der Waals surface area contributed by atoms with Crippen molar-refractivity contribution in [1.29, 1.82) is 0 Å². The molecule has 0 atom stereocenters. The Kier molecular flexibility index (Phi) is 2.71. The first-order valence-corrected chi connectivity index (χ1v) is 8.12. The van der Waals surface area contributed by atoms with E-state index in [9.17, 15) is 9.59 Å². The molecule has 2 aromatic heterocycles. The van der Waals surface area contributed by atoms with Gasteiger partial charge in [0.15, 0.2) is 5.52 Å². The van der Waals surface area contributed by atoms with E-state index in [2.05, 4.69) is 21.0 Å². The van der Waals surface area contributed by atoms with Gasteiger partial charge < -0.3 is 9.72 Å². The summed E-state index contributed by atoms with van der Waals surface area (Å²) in [4.78, 5) is 33.4. The fraction of sp³-hybridized carbons (Fsp3) is 0.278. The van der Waals surface area contributed by atoms with Gasteiger partial charge in [-0.15, -0.1) is 0 Å². The van der Waals surface area contributed by atoms with Crippen LogP contribution >= 0.6 is 0 Å². The first-order valence-electron chi connectivity index (χ1n) is 8.12. The van der Waals surface area contributed by atoms with Crippen molar-refractivity contribution in [2.45, 2.75) is 25.2 Å². The predicted octanol–water partition coefficient (Wildman–Crippen LogP) is 2.09. The van der Waals surface area contributed by atoms with Gasteiger partial charge in [-0.3, -0.25) is 9.78 Å². The molecule has 1 saturated carbocycles. The molecule has 2 N–H and O–H groups in total. The predicted molar refractivity (Wildman–Crippen MR) is 89.6 cm³/mol. The number of hydrogen-bond acceptors (Lipinski definition) is 4. The Labute approximate surface area is 136 Å². The molecule has 0 bridgehead atoms. The second-order valence-electron chi connectivity index (χ2n) is 6.42. The van der Waals surface area contributed by atoms with E-state index in [0.717, 1.165) is 47.4 Å². The topological polar surface area (TPSA) is 87.8 Å². The Morgan fingerprint density at radius 3 is 2.83 bits per heavy atom. The van der Waals surface area contributed by atoms with Gasteiger partial charge in [0.05, 0.1) is 17.8 Å². The number of rotatable bonds is 2. The second-order valence-corrected chi connectivity index (χ2v) is 6.42. The highest BCUT2D eigenvalue weighted by molar-refractivity contribution is 5.82. The summed E-state index contributed by atoms with van der Waals surface area (Å²) in [6.45, 7) is 0.707. The van der Waals surface area contributed by atoms with E-state index in [0.29, 0.717) is 23.6 Å². The van der Waals surface area contributed by atoms with Crippen molar-refractivity contribution in [3.63, 3.8) is 0 Å². The maximum atomic E-state index is 12.2. The van der Waals surface area contributed by atoms with E-state index in [1.165, 1.54) is 0 Å². The molecule has 1 aromatic carbocycles. The normalized spacial score (nSPS) is 16.2. The van der Waals surface area contributed by atoms with E-state index < -0.39 is 11.2 Å². The molecule has 0 saturated heterocycles. The third-order valence-corrected chi connectivity index (χ3v) is 4.73. The molecule has 3 heterocycles. The molecule has 5 rings (SSSR count). The van der Waals surface area contributed by atoms with Crippen LogP contribution in [0.25, 0.3) is 22.3 Å². The summed E-state index contributed by atoms with van der Waals surface area (Å²) in [6.07, 6.45) is 3.04. The van der Waals surface area contributed by atoms with Crippen LogP contribution in [0.2, 0.25) is 0 Å². The van der Waals surface area contributed by atoms with Gasteiger partial charge >= 0.3 is 5.69 Å². The highest BCUT2D eigenvalue weighted by Gasteiger charge is 2.27. The van der Waals surface area contributed by atoms with Crippen molar-refractivity contribution in [2.24, 2.45) is 0 Å². The quantitative estimate of drug-likeness (QED) is 0.756. The number of aromatic nitrogens is 3. The molecule has 6 heteroatoms. The van der Waals surface area contributed by atoms with Gasteiger partial charge in [0.25, 0.3) is 5.56 Å². The zero-order chi connectivity index (χ0) is 16.3. The molecule has 0 amide bonds. The summed E-state index contributed by atoms with van der Waals surface area (Å²) in [6, 6.07) is 8.01. The summed E-state index contributed by atoms with van der Waals surface area (Å²) in [5.41, 5.74) is 3.84. The fourth-order valence-corrected chi connectivity index (χ4v) is 3.38. The average Bonchev–Trinajstić information content (AvgIpc) is 3.31. The van der Waals surface area contributed by atoms with E-state index >= 15 is 0 Å². The molecule has 0 spiro atoms. The lowest BCUT2D eigenvalue weighted by atomic mass is 10.0. The summed E-state index contributed by atoms with van der Waals surface area (Å²) in [7, 11) is 0. The summed E-state index contributed by atoms with van der Waals surface area (Å²) < 4.78 is 5.55. The second kappa shape index (κ2) is 4.80. The van der Waals surface area contributed by atoms with Crippen molar-refractivity contribution >= 4 is 11.0 Å². The van der Waals surface area contributed by atoms with Crippen molar-refractivity contribution in [3.8, 4) is 17.0 Å². The molecule has 0 radical (unpaired) electrons. The van der Waals surface area contributed by atoms with Crippen LogP contribution in [0.1, 0.15) is 29.9 Å². The molecule has 1 aliphatic carbocycles. The number of fused-ring (bicyclic) bond motifs is 2. The summed E-state index contributed by atoms with van der Waals surface area (Å²) >= 11 is 0. The number of benzene rings is 1. The third-order valence-electron chi connectivity index (χ3n) is 4.73. The van der Waals surface area contributed by atoms with Gasteiger partial charge in [0, 0.05) is 12.0 Å². The van der Waals surface area contributed by atoms with Crippen LogP contribution in [-0.4, -0.2) is 21.6 Å². The summed E-state index contributed by atoms with van der Waals surface area (Å²) in [5, 5.41) is 0. The first-order chi connectivity index (χ1) is 11.7. The van der Waals surface area contributed by atoms with E-state index in [1.807, 2.05) is 18.2 Å². The molecule has 1 fully saturated rings. The lowest BCUT2D eigenvalue weighted by Crippen LogP contribution is -2.23. The minimum atomic E-state index is -0.487. The lowest BCUT2D eigenvalue weighted by molar-refractivity contribution is 0.357. The van der Waals surface area contributed by atoms with Crippen molar-refractivity contribution in [1.82, 2.24) is 15.0 Å². The van der Waals surface area contributed by atoms with Crippen molar-refractivity contribution < 1.29 is 4.74 Å². The zero-order valence-corrected chi connectivity index (χ0v) is 12.9. The Balaban J connectivity index is 1.77. The summed E-state index contributed by atoms with van der Waals surface area (Å²) in [5.74, 6) is 1.31. The largest absolute Gasteiger partial charge is 0.493 e. The van der Waals surface area contributed by atoms with Gasteiger partial charge in [0.1, 0.15) is 5.75 Å². The minimum absolute atomic E-state index is 0.297. The number of hydrogen-bond donors (Lipinski definition) is 2. The van der Waals surface area contributed by atoms with Crippen LogP contribution in [0.3, 0.4) is 0 Å². The highest BCUT2D eigenvalue weighted by Crippen LogP contribution is 2.43. The standard InChI is InChI=1S/C18H15N3O3/c22-17-16-15(20-18(23)21-17)12(9-1-2-9)8-13(19-16)10-3-4-14-11(7-10)5-6-24-14/h3-4,7-9H,1-2,5-6H2,(H2,20,21,22,23). The zero-order valence-electron chi connectivity index (χ0n) is 12.9. The molecule has 1 aliphatic heterocycles. The Morgan fingerprint density at radius 1 is 1.12 bits per heavy atom. The molecular weight excluding hydrogens is 306 g/mol. The molecule has 3 aromatic rings. The maximum Gasteiger partial charge on any atom is 0.326 e. The van der Waals surface area contributed by atoms with Gasteiger partial charge in [-0.05, 0) is 54.2 Å². The van der Waals surface area contributed by atoms with Crippen molar-refractivity contribution in [3.05, 3.63) is 56.2 Å². The van der Waals surface area contributed by atoms with Gasteiger partial charge in [-0.2, -0.15) is 0 Å². The van der Waals surface area contributed by atoms with Crippen LogP contribution < -0.4 is 16.0 Å². The van der Waals surface area contributed by atoms with E-state index in [1.54, 1.807) is 0 Å². The van der Waals surface area contributed by atoms with Crippen molar-refractivity contribution in [2.75, 3.05) is 6.61 Å². The van der Waals surface area contributed by atoms with Crippen LogP contribution in [0.5, 0.6) is 5.75 Å². The van der Waals surface area contributed by atoms with Crippen LogP contribution in [0.15, 0.2) is 33.9 Å². The number of pyridine rings is 1. The van der Waals surface area contributed by atoms with E-state index in [-0.39, 0.29) is 0 Å². The van der Waals surface area contributed by atoms with Gasteiger partial charge in [0.2, 0.25) is 0 Å². The fourth-order valence-electron chi connectivity index (χ4n) is 3.38. The number of nitrogens with one attached hydrogen (secondary N) is 2. The molecule has 6 nitrogen and oxygen atoms in total. The highest BCUT2D eigenvalue weighted by atomic mass is 16.5. The third kappa shape index (κ3) is 2.06. The SMILES string of the molecule is O=c1[nH]c(=O)c2nc(-c3ccc4c(c3)CCO4)cc(C3CC3)c2[nH]1. The van der Waals surface area contributed by atoms with Gasteiger partial charge in [-0.25, -0.2) is 9.78 Å². The van der Waals surface area contributed by atoms with Gasteiger partial charge in [-0.1, -0.05) is 0 Å². The number of ether oxygens (including phenoxy) is 1. The molecular formula is C18H15N3O3. The first kappa shape index (κ1) is 13.5. The van der Waals surface area contributed by atoms with Crippen LogP contribution in [0, 0.1) is 0 Å². The Morgan fingerprint density at radius 2 is 2.00 bits per heavy atom.